The SMILES string of the molecule is CCOc1ccc(Oc2cccc(COCC(C)(C)c3ccc(OCC)cc3)c2)cc1. The standard InChI is InChI=1S/C27H32O4/c1-5-29-23-12-10-22(11-13-23)27(3,4)20-28-19-21-8-7-9-26(18-21)31-25-16-14-24(15-17-25)30-6-2/h7-18H,5-6,19-20H2,1-4H3. The van der Waals surface area contributed by atoms with E-state index in [0.717, 1.165) is 28.6 Å². The van der Waals surface area contributed by atoms with Gasteiger partial charge in [-0.1, -0.05) is 38.1 Å². The maximum absolute atomic E-state index is 6.06. The van der Waals surface area contributed by atoms with Gasteiger partial charge >= 0.3 is 0 Å². The fourth-order valence-electron chi connectivity index (χ4n) is 3.28. The van der Waals surface area contributed by atoms with Crippen molar-refractivity contribution in [1.82, 2.24) is 0 Å². The van der Waals surface area contributed by atoms with E-state index in [1.807, 2.05) is 68.4 Å². The largest absolute Gasteiger partial charge is 0.494 e. The third-order valence-corrected chi connectivity index (χ3v) is 4.95. The first-order valence-electron chi connectivity index (χ1n) is 10.8. The number of hydrogen-bond acceptors (Lipinski definition) is 4. The van der Waals surface area contributed by atoms with Crippen molar-refractivity contribution in [1.29, 1.82) is 0 Å². The van der Waals surface area contributed by atoms with Crippen LogP contribution in [0.25, 0.3) is 0 Å². The minimum atomic E-state index is -0.0961. The lowest BCUT2D eigenvalue weighted by atomic mass is 9.85. The average molecular weight is 421 g/mol. The molecule has 31 heavy (non-hydrogen) atoms. The van der Waals surface area contributed by atoms with E-state index in [1.54, 1.807) is 0 Å². The van der Waals surface area contributed by atoms with Crippen LogP contribution in [0.2, 0.25) is 0 Å². The van der Waals surface area contributed by atoms with E-state index in [4.69, 9.17) is 18.9 Å². The third kappa shape index (κ3) is 6.76. The van der Waals surface area contributed by atoms with Gasteiger partial charge in [-0.15, -0.1) is 0 Å². The minimum absolute atomic E-state index is 0.0961. The third-order valence-electron chi connectivity index (χ3n) is 4.95. The van der Waals surface area contributed by atoms with Crippen molar-refractivity contribution in [3.8, 4) is 23.0 Å². The first-order valence-corrected chi connectivity index (χ1v) is 10.8. The Kier molecular flexibility index (Phi) is 7.96. The normalized spacial score (nSPS) is 11.2. The monoisotopic (exact) mass is 420 g/mol. The van der Waals surface area contributed by atoms with Crippen LogP contribution in [0.3, 0.4) is 0 Å². The lowest BCUT2D eigenvalue weighted by Crippen LogP contribution is -2.24. The lowest BCUT2D eigenvalue weighted by Gasteiger charge is -2.25. The molecule has 0 N–H and O–H groups in total. The Morgan fingerprint density at radius 2 is 1.26 bits per heavy atom. The molecule has 0 atom stereocenters. The van der Waals surface area contributed by atoms with Crippen LogP contribution >= 0.6 is 0 Å². The highest BCUT2D eigenvalue weighted by Crippen LogP contribution is 2.27. The summed E-state index contributed by atoms with van der Waals surface area (Å²) in [5.41, 5.74) is 2.20. The molecule has 0 aromatic heterocycles. The summed E-state index contributed by atoms with van der Waals surface area (Å²) in [6, 6.07) is 23.9. The molecule has 4 nitrogen and oxygen atoms in total. The van der Waals surface area contributed by atoms with E-state index in [0.29, 0.717) is 26.4 Å². The zero-order chi connectivity index (χ0) is 22.1. The summed E-state index contributed by atoms with van der Waals surface area (Å²) in [4.78, 5) is 0. The number of ether oxygens (including phenoxy) is 4. The van der Waals surface area contributed by atoms with Gasteiger partial charge in [-0.25, -0.2) is 0 Å². The second-order valence-electron chi connectivity index (χ2n) is 7.99. The van der Waals surface area contributed by atoms with Crippen molar-refractivity contribution < 1.29 is 18.9 Å². The van der Waals surface area contributed by atoms with Crippen LogP contribution in [-0.2, 0) is 16.8 Å². The van der Waals surface area contributed by atoms with Gasteiger partial charge in [0, 0.05) is 5.41 Å². The van der Waals surface area contributed by atoms with E-state index in [-0.39, 0.29) is 5.41 Å². The molecule has 0 aliphatic carbocycles. The Balaban J connectivity index is 1.54. The van der Waals surface area contributed by atoms with Crippen LogP contribution in [0, 0.1) is 0 Å². The maximum Gasteiger partial charge on any atom is 0.127 e. The van der Waals surface area contributed by atoms with Crippen molar-refractivity contribution in [2.75, 3.05) is 19.8 Å². The summed E-state index contributed by atoms with van der Waals surface area (Å²) < 4.78 is 23.0. The maximum atomic E-state index is 6.06. The zero-order valence-electron chi connectivity index (χ0n) is 18.9. The molecule has 0 spiro atoms. The number of benzene rings is 3. The molecule has 0 aliphatic heterocycles. The molecule has 3 aromatic rings. The Bertz CT molecular complexity index is 930. The van der Waals surface area contributed by atoms with Crippen molar-refractivity contribution >= 4 is 0 Å². The highest BCUT2D eigenvalue weighted by molar-refractivity contribution is 5.37. The first-order chi connectivity index (χ1) is 15.0. The summed E-state index contributed by atoms with van der Waals surface area (Å²) in [5, 5.41) is 0. The average Bonchev–Trinajstić information content (AvgIpc) is 2.76. The van der Waals surface area contributed by atoms with Crippen LogP contribution in [0.1, 0.15) is 38.8 Å². The summed E-state index contributed by atoms with van der Waals surface area (Å²) >= 11 is 0. The topological polar surface area (TPSA) is 36.9 Å². The van der Waals surface area contributed by atoms with Crippen LogP contribution in [-0.4, -0.2) is 19.8 Å². The molecular formula is C27H32O4. The van der Waals surface area contributed by atoms with Gasteiger partial charge in [0.2, 0.25) is 0 Å². The smallest absolute Gasteiger partial charge is 0.127 e. The van der Waals surface area contributed by atoms with Gasteiger partial charge in [-0.2, -0.15) is 0 Å². The van der Waals surface area contributed by atoms with E-state index >= 15 is 0 Å². The molecule has 0 aliphatic rings. The highest BCUT2D eigenvalue weighted by atomic mass is 16.5. The highest BCUT2D eigenvalue weighted by Gasteiger charge is 2.21. The minimum Gasteiger partial charge on any atom is -0.494 e. The quantitative estimate of drug-likeness (QED) is 0.343. The zero-order valence-corrected chi connectivity index (χ0v) is 18.9. The summed E-state index contributed by atoms with van der Waals surface area (Å²) in [6.07, 6.45) is 0. The van der Waals surface area contributed by atoms with Gasteiger partial charge in [0.1, 0.15) is 23.0 Å². The van der Waals surface area contributed by atoms with Gasteiger partial charge in [0.25, 0.3) is 0 Å². The molecule has 164 valence electrons. The Labute approximate surface area is 185 Å². The van der Waals surface area contributed by atoms with E-state index in [1.165, 1.54) is 5.56 Å². The van der Waals surface area contributed by atoms with E-state index in [9.17, 15) is 0 Å². The fourth-order valence-corrected chi connectivity index (χ4v) is 3.28. The van der Waals surface area contributed by atoms with E-state index < -0.39 is 0 Å². The van der Waals surface area contributed by atoms with Crippen LogP contribution in [0.4, 0.5) is 0 Å². The lowest BCUT2D eigenvalue weighted by molar-refractivity contribution is 0.0824. The van der Waals surface area contributed by atoms with Gasteiger partial charge < -0.3 is 18.9 Å². The van der Waals surface area contributed by atoms with Gasteiger partial charge in [0.15, 0.2) is 0 Å². The molecular weight excluding hydrogens is 388 g/mol. The molecule has 0 amide bonds. The molecule has 0 saturated heterocycles. The number of hydrogen-bond donors (Lipinski definition) is 0. The van der Waals surface area contributed by atoms with Crippen molar-refractivity contribution in [3.05, 3.63) is 83.9 Å². The van der Waals surface area contributed by atoms with Crippen molar-refractivity contribution in [2.45, 2.75) is 39.7 Å². The Morgan fingerprint density at radius 3 is 1.87 bits per heavy atom. The molecule has 0 bridgehead atoms. The van der Waals surface area contributed by atoms with Crippen LogP contribution in [0.15, 0.2) is 72.8 Å². The van der Waals surface area contributed by atoms with Crippen LogP contribution < -0.4 is 14.2 Å². The predicted molar refractivity (Wildman–Crippen MR) is 124 cm³/mol. The molecule has 0 fully saturated rings. The fraction of sp³-hybridized carbons (Fsp3) is 0.333. The van der Waals surface area contributed by atoms with Gasteiger partial charge in [-0.3, -0.25) is 0 Å². The molecule has 0 unspecified atom stereocenters. The number of rotatable bonds is 11. The van der Waals surface area contributed by atoms with Crippen LogP contribution in [0.5, 0.6) is 23.0 Å². The molecule has 3 aromatic carbocycles. The molecule has 3 rings (SSSR count). The Morgan fingerprint density at radius 1 is 0.677 bits per heavy atom. The van der Waals surface area contributed by atoms with Gasteiger partial charge in [-0.05, 0) is 73.5 Å². The molecule has 0 heterocycles. The second-order valence-corrected chi connectivity index (χ2v) is 7.99. The van der Waals surface area contributed by atoms with Crippen molar-refractivity contribution in [3.63, 3.8) is 0 Å². The predicted octanol–water partition coefficient (Wildman–Crippen LogP) is 6.77. The summed E-state index contributed by atoms with van der Waals surface area (Å²) in [7, 11) is 0. The molecule has 0 saturated carbocycles. The second kappa shape index (κ2) is 10.9. The summed E-state index contributed by atoms with van der Waals surface area (Å²) in [6.45, 7) is 10.8. The molecule has 4 heteroatoms. The summed E-state index contributed by atoms with van der Waals surface area (Å²) in [5.74, 6) is 3.30. The van der Waals surface area contributed by atoms with Crippen molar-refractivity contribution in [2.24, 2.45) is 0 Å². The van der Waals surface area contributed by atoms with Gasteiger partial charge in [0.05, 0.1) is 26.4 Å². The van der Waals surface area contributed by atoms with E-state index in [2.05, 4.69) is 32.0 Å². The molecule has 0 radical (unpaired) electrons. The first kappa shape index (κ1) is 22.7. The Hall–Kier alpha value is -2.98.